The number of halogens is 1. The first-order valence-corrected chi connectivity index (χ1v) is 9.14. The summed E-state index contributed by atoms with van der Waals surface area (Å²) in [5.74, 6) is -0.00241. The fourth-order valence-corrected chi connectivity index (χ4v) is 3.66. The van der Waals surface area contributed by atoms with Crippen LogP contribution in [0.1, 0.15) is 40.2 Å². The maximum absolute atomic E-state index is 12.7. The van der Waals surface area contributed by atoms with Gasteiger partial charge in [0.1, 0.15) is 0 Å². The Labute approximate surface area is 151 Å². The second kappa shape index (κ2) is 7.49. The number of carbonyl (C=O) groups excluding carboxylic acids is 1. The van der Waals surface area contributed by atoms with E-state index < -0.39 is 0 Å². The Morgan fingerprint density at radius 3 is 2.83 bits per heavy atom. The second-order valence-corrected chi connectivity index (χ2v) is 7.25. The van der Waals surface area contributed by atoms with Gasteiger partial charge in [0.15, 0.2) is 0 Å². The van der Waals surface area contributed by atoms with Crippen LogP contribution in [0.4, 0.5) is 0 Å². The van der Waals surface area contributed by atoms with Crippen molar-refractivity contribution < 1.29 is 4.79 Å². The molecular formula is C18H23BrN4O. The number of nitrogens with zero attached hydrogens (tertiary/aromatic N) is 2. The van der Waals surface area contributed by atoms with E-state index in [4.69, 9.17) is 0 Å². The van der Waals surface area contributed by atoms with Crippen LogP contribution in [-0.2, 0) is 6.54 Å². The van der Waals surface area contributed by atoms with E-state index >= 15 is 0 Å². The van der Waals surface area contributed by atoms with E-state index in [1.165, 1.54) is 0 Å². The monoisotopic (exact) mass is 390 g/mol. The molecule has 0 saturated carbocycles. The molecule has 0 spiro atoms. The van der Waals surface area contributed by atoms with E-state index in [0.29, 0.717) is 12.1 Å². The molecule has 1 saturated heterocycles. The van der Waals surface area contributed by atoms with Crippen LogP contribution in [0.25, 0.3) is 0 Å². The lowest BCUT2D eigenvalue weighted by atomic mass is 10.1. The van der Waals surface area contributed by atoms with Gasteiger partial charge in [-0.15, -0.1) is 0 Å². The number of hydrogen-bond acceptors (Lipinski definition) is 3. The van der Waals surface area contributed by atoms with Crippen molar-refractivity contribution in [2.24, 2.45) is 0 Å². The molecule has 1 amide bonds. The molecule has 24 heavy (non-hydrogen) atoms. The molecule has 2 N–H and O–H groups in total. The Hall–Kier alpha value is -1.66. The minimum absolute atomic E-state index is 0.00241. The third-order valence-corrected chi connectivity index (χ3v) is 5.00. The lowest BCUT2D eigenvalue weighted by molar-refractivity contribution is 0.0928. The maximum atomic E-state index is 12.7. The van der Waals surface area contributed by atoms with Crippen molar-refractivity contribution in [3.8, 4) is 0 Å². The van der Waals surface area contributed by atoms with Crippen molar-refractivity contribution in [3.63, 3.8) is 0 Å². The third kappa shape index (κ3) is 3.87. The van der Waals surface area contributed by atoms with Gasteiger partial charge in [-0.1, -0.05) is 28.1 Å². The lowest BCUT2D eigenvalue weighted by Crippen LogP contribution is -2.43. The van der Waals surface area contributed by atoms with E-state index in [0.717, 1.165) is 47.4 Å². The van der Waals surface area contributed by atoms with Gasteiger partial charge >= 0.3 is 0 Å². The lowest BCUT2D eigenvalue weighted by Gasteiger charge is -2.23. The van der Waals surface area contributed by atoms with Crippen LogP contribution >= 0.6 is 15.9 Å². The molecule has 3 rings (SSSR count). The molecule has 1 fully saturated rings. The molecule has 2 aromatic rings. The van der Waals surface area contributed by atoms with Gasteiger partial charge in [0.05, 0.1) is 17.8 Å². The Kier molecular flexibility index (Phi) is 5.36. The Bertz CT molecular complexity index is 735. The number of aryl methyl sites for hydroxylation is 1. The number of nitrogens with one attached hydrogen (secondary N) is 2. The third-order valence-electron chi connectivity index (χ3n) is 4.50. The number of aromatic nitrogens is 2. The summed E-state index contributed by atoms with van der Waals surface area (Å²) in [7, 11) is 0. The topological polar surface area (TPSA) is 59.0 Å². The van der Waals surface area contributed by atoms with Crippen molar-refractivity contribution in [1.82, 2.24) is 20.4 Å². The minimum Gasteiger partial charge on any atom is -0.349 e. The molecule has 0 unspecified atom stereocenters. The highest BCUT2D eigenvalue weighted by Gasteiger charge is 2.22. The molecule has 0 aliphatic carbocycles. The zero-order valence-electron chi connectivity index (χ0n) is 14.1. The fraction of sp³-hybridized carbons (Fsp3) is 0.444. The number of amides is 1. The molecule has 6 heteroatoms. The standard InChI is InChI=1S/C18H23BrN4O/c1-12-17(18(24)21-16-6-8-20-9-7-16)13(2)23(22-12)11-14-4-3-5-15(19)10-14/h3-5,10,16,20H,6-9,11H2,1-2H3,(H,21,24). The van der Waals surface area contributed by atoms with Gasteiger partial charge in [-0.25, -0.2) is 0 Å². The number of piperidine rings is 1. The van der Waals surface area contributed by atoms with E-state index in [9.17, 15) is 4.79 Å². The van der Waals surface area contributed by atoms with Crippen LogP contribution < -0.4 is 10.6 Å². The predicted octanol–water partition coefficient (Wildman–Crippen LogP) is 2.79. The largest absolute Gasteiger partial charge is 0.349 e. The van der Waals surface area contributed by atoms with Gasteiger partial charge in [0, 0.05) is 16.2 Å². The van der Waals surface area contributed by atoms with Gasteiger partial charge in [-0.2, -0.15) is 5.10 Å². The van der Waals surface area contributed by atoms with E-state index in [1.54, 1.807) is 0 Å². The molecule has 1 aromatic heterocycles. The van der Waals surface area contributed by atoms with Crippen LogP contribution in [0.3, 0.4) is 0 Å². The zero-order valence-corrected chi connectivity index (χ0v) is 15.7. The molecule has 1 aliphatic heterocycles. The molecule has 0 bridgehead atoms. The fourth-order valence-electron chi connectivity index (χ4n) is 3.21. The van der Waals surface area contributed by atoms with Gasteiger partial charge in [-0.05, 0) is 57.5 Å². The average molecular weight is 391 g/mol. The zero-order chi connectivity index (χ0) is 17.1. The van der Waals surface area contributed by atoms with Crippen molar-refractivity contribution in [1.29, 1.82) is 0 Å². The first-order chi connectivity index (χ1) is 11.5. The number of benzene rings is 1. The molecule has 0 atom stereocenters. The van der Waals surface area contributed by atoms with Gasteiger partial charge < -0.3 is 10.6 Å². The van der Waals surface area contributed by atoms with Crippen LogP contribution in [-0.4, -0.2) is 34.8 Å². The Balaban J connectivity index is 1.77. The van der Waals surface area contributed by atoms with Crippen LogP contribution in [0.2, 0.25) is 0 Å². The highest BCUT2D eigenvalue weighted by atomic mass is 79.9. The highest BCUT2D eigenvalue weighted by molar-refractivity contribution is 9.10. The molecule has 0 radical (unpaired) electrons. The average Bonchev–Trinajstić information content (AvgIpc) is 2.82. The number of rotatable bonds is 4. The van der Waals surface area contributed by atoms with Gasteiger partial charge in [0.2, 0.25) is 0 Å². The van der Waals surface area contributed by atoms with Gasteiger partial charge in [-0.3, -0.25) is 9.48 Å². The summed E-state index contributed by atoms with van der Waals surface area (Å²) in [5, 5.41) is 11.1. The first-order valence-electron chi connectivity index (χ1n) is 8.34. The van der Waals surface area contributed by atoms with Crippen LogP contribution in [0.15, 0.2) is 28.7 Å². The molecule has 2 heterocycles. The predicted molar refractivity (Wildman–Crippen MR) is 98.3 cm³/mol. The van der Waals surface area contributed by atoms with Crippen LogP contribution in [0.5, 0.6) is 0 Å². The Morgan fingerprint density at radius 1 is 1.38 bits per heavy atom. The molecule has 5 nitrogen and oxygen atoms in total. The van der Waals surface area contributed by atoms with E-state index in [-0.39, 0.29) is 11.9 Å². The summed E-state index contributed by atoms with van der Waals surface area (Å²) >= 11 is 3.49. The van der Waals surface area contributed by atoms with Crippen molar-refractivity contribution in [2.45, 2.75) is 39.3 Å². The van der Waals surface area contributed by atoms with E-state index in [1.807, 2.05) is 30.7 Å². The first kappa shape index (κ1) is 17.2. The smallest absolute Gasteiger partial charge is 0.255 e. The number of carbonyl (C=O) groups is 1. The maximum Gasteiger partial charge on any atom is 0.255 e. The summed E-state index contributed by atoms with van der Waals surface area (Å²) in [5.41, 5.74) is 3.57. The van der Waals surface area contributed by atoms with Crippen molar-refractivity contribution in [2.75, 3.05) is 13.1 Å². The summed E-state index contributed by atoms with van der Waals surface area (Å²) < 4.78 is 2.96. The van der Waals surface area contributed by atoms with Gasteiger partial charge in [0.25, 0.3) is 5.91 Å². The normalized spacial score (nSPS) is 15.5. The molecule has 1 aliphatic rings. The minimum atomic E-state index is -0.00241. The second-order valence-electron chi connectivity index (χ2n) is 6.33. The Morgan fingerprint density at radius 2 is 2.12 bits per heavy atom. The molecule has 128 valence electrons. The highest BCUT2D eigenvalue weighted by Crippen LogP contribution is 2.17. The quantitative estimate of drug-likeness (QED) is 0.843. The van der Waals surface area contributed by atoms with Crippen molar-refractivity contribution in [3.05, 3.63) is 51.3 Å². The summed E-state index contributed by atoms with van der Waals surface area (Å²) in [6.07, 6.45) is 1.96. The number of hydrogen-bond donors (Lipinski definition) is 2. The SMILES string of the molecule is Cc1nn(Cc2cccc(Br)c2)c(C)c1C(=O)NC1CCNCC1. The van der Waals surface area contributed by atoms with Crippen LogP contribution in [0, 0.1) is 13.8 Å². The summed E-state index contributed by atoms with van der Waals surface area (Å²) in [6.45, 7) is 6.46. The molecule has 1 aromatic carbocycles. The summed E-state index contributed by atoms with van der Waals surface area (Å²) in [4.78, 5) is 12.7. The van der Waals surface area contributed by atoms with E-state index in [2.05, 4.69) is 43.8 Å². The molecular weight excluding hydrogens is 368 g/mol. The summed E-state index contributed by atoms with van der Waals surface area (Å²) in [6, 6.07) is 8.41. The van der Waals surface area contributed by atoms with Crippen molar-refractivity contribution >= 4 is 21.8 Å².